The third-order valence-corrected chi connectivity index (χ3v) is 4.83. The smallest absolute Gasteiger partial charge is 0.251 e. The van der Waals surface area contributed by atoms with Crippen LogP contribution in [0.25, 0.3) is 16.3 Å². The van der Waals surface area contributed by atoms with Crippen LogP contribution in [0.1, 0.15) is 16.1 Å². The molecule has 5 nitrogen and oxygen atoms in total. The van der Waals surface area contributed by atoms with Gasteiger partial charge in [0.1, 0.15) is 5.82 Å². The second-order valence-electron chi connectivity index (χ2n) is 5.71. The number of benzene rings is 2. The molecule has 4 rings (SSSR count). The van der Waals surface area contributed by atoms with Crippen molar-refractivity contribution in [2.45, 2.75) is 6.42 Å². The van der Waals surface area contributed by atoms with Gasteiger partial charge >= 0.3 is 0 Å². The molecule has 0 unspecified atom stereocenters. The number of amides is 1. The fourth-order valence-electron chi connectivity index (χ4n) is 2.65. The molecular weight excluding hydrogens is 351 g/mol. The second kappa shape index (κ2) is 7.05. The minimum Gasteiger partial charge on any atom is -0.352 e. The van der Waals surface area contributed by atoms with Gasteiger partial charge in [-0.2, -0.15) is 4.98 Å². The minimum absolute atomic E-state index is 0.109. The van der Waals surface area contributed by atoms with Crippen LogP contribution in [0, 0.1) is 5.82 Å². The summed E-state index contributed by atoms with van der Waals surface area (Å²) in [7, 11) is 0. The van der Waals surface area contributed by atoms with E-state index in [0.29, 0.717) is 34.9 Å². The van der Waals surface area contributed by atoms with Crippen molar-refractivity contribution in [3.05, 3.63) is 77.1 Å². The van der Waals surface area contributed by atoms with Crippen LogP contribution in [0.15, 0.2) is 60.0 Å². The molecule has 0 radical (unpaired) electrons. The van der Waals surface area contributed by atoms with Crippen molar-refractivity contribution in [3.8, 4) is 11.4 Å². The molecule has 26 heavy (non-hydrogen) atoms. The first-order valence-corrected chi connectivity index (χ1v) is 9.01. The molecule has 2 aromatic heterocycles. The van der Waals surface area contributed by atoms with Crippen LogP contribution in [0.3, 0.4) is 0 Å². The van der Waals surface area contributed by atoms with Gasteiger partial charge in [-0.25, -0.2) is 8.91 Å². The number of carbonyl (C=O) groups excluding carboxylic acids is 1. The van der Waals surface area contributed by atoms with E-state index in [1.54, 1.807) is 34.8 Å². The Labute approximate surface area is 153 Å². The fraction of sp³-hybridized carbons (Fsp3) is 0.105. The molecule has 0 aliphatic rings. The van der Waals surface area contributed by atoms with E-state index in [-0.39, 0.29) is 11.7 Å². The van der Waals surface area contributed by atoms with Gasteiger partial charge in [-0.15, -0.1) is 16.4 Å². The molecule has 7 heteroatoms. The quantitative estimate of drug-likeness (QED) is 0.587. The molecular formula is C19H15FN4OS. The van der Waals surface area contributed by atoms with Gasteiger partial charge < -0.3 is 5.32 Å². The third kappa shape index (κ3) is 3.21. The van der Waals surface area contributed by atoms with Gasteiger partial charge in [-0.1, -0.05) is 30.3 Å². The van der Waals surface area contributed by atoms with Crippen LogP contribution in [0.2, 0.25) is 0 Å². The number of hydrogen-bond acceptors (Lipinski definition) is 4. The summed E-state index contributed by atoms with van der Waals surface area (Å²) in [6.07, 6.45) is 0.610. The van der Waals surface area contributed by atoms with Crippen molar-refractivity contribution in [1.29, 1.82) is 0 Å². The number of halogens is 1. The highest BCUT2D eigenvalue weighted by atomic mass is 32.1. The molecule has 4 aromatic rings. The SMILES string of the molecule is O=C(NCCc1csc2nc(-c3ccccc3F)nn12)c1ccccc1. The predicted molar refractivity (Wildman–Crippen MR) is 98.7 cm³/mol. The Morgan fingerprint density at radius 3 is 2.69 bits per heavy atom. The van der Waals surface area contributed by atoms with Gasteiger partial charge in [-0.05, 0) is 24.3 Å². The molecule has 2 aromatic carbocycles. The van der Waals surface area contributed by atoms with Gasteiger partial charge in [0.25, 0.3) is 5.91 Å². The number of carbonyl (C=O) groups is 1. The molecule has 0 atom stereocenters. The number of nitrogens with zero attached hydrogens (tertiary/aromatic N) is 3. The zero-order valence-corrected chi connectivity index (χ0v) is 14.5. The van der Waals surface area contributed by atoms with Crippen LogP contribution in [0.5, 0.6) is 0 Å². The van der Waals surface area contributed by atoms with E-state index in [2.05, 4.69) is 15.4 Å². The maximum absolute atomic E-state index is 13.9. The van der Waals surface area contributed by atoms with Gasteiger partial charge in [0.15, 0.2) is 5.82 Å². The lowest BCUT2D eigenvalue weighted by atomic mass is 10.2. The molecule has 1 amide bonds. The lowest BCUT2D eigenvalue weighted by Gasteiger charge is -2.04. The highest BCUT2D eigenvalue weighted by Gasteiger charge is 2.14. The van der Waals surface area contributed by atoms with Gasteiger partial charge in [0.05, 0.1) is 11.3 Å². The molecule has 0 saturated heterocycles. The molecule has 0 spiro atoms. The lowest BCUT2D eigenvalue weighted by molar-refractivity contribution is 0.0954. The summed E-state index contributed by atoms with van der Waals surface area (Å²) in [5.41, 5.74) is 1.94. The maximum atomic E-state index is 13.9. The van der Waals surface area contributed by atoms with E-state index in [1.807, 2.05) is 23.6 Å². The number of hydrogen-bond donors (Lipinski definition) is 1. The zero-order chi connectivity index (χ0) is 17.9. The van der Waals surface area contributed by atoms with E-state index in [0.717, 1.165) is 5.69 Å². The highest BCUT2D eigenvalue weighted by molar-refractivity contribution is 7.15. The molecule has 0 aliphatic carbocycles. The third-order valence-electron chi connectivity index (χ3n) is 3.97. The molecule has 1 N–H and O–H groups in total. The average molecular weight is 366 g/mol. The van der Waals surface area contributed by atoms with E-state index in [9.17, 15) is 9.18 Å². The highest BCUT2D eigenvalue weighted by Crippen LogP contribution is 2.23. The maximum Gasteiger partial charge on any atom is 0.251 e. The van der Waals surface area contributed by atoms with Gasteiger partial charge in [-0.3, -0.25) is 4.79 Å². The van der Waals surface area contributed by atoms with Gasteiger partial charge in [0, 0.05) is 23.9 Å². The first kappa shape index (κ1) is 16.4. The van der Waals surface area contributed by atoms with Crippen LogP contribution < -0.4 is 5.32 Å². The van der Waals surface area contributed by atoms with Crippen LogP contribution in [-0.4, -0.2) is 27.0 Å². The van der Waals surface area contributed by atoms with Gasteiger partial charge in [0.2, 0.25) is 4.96 Å². The summed E-state index contributed by atoms with van der Waals surface area (Å²) in [6, 6.07) is 15.5. The topological polar surface area (TPSA) is 59.3 Å². The van der Waals surface area contributed by atoms with Crippen molar-refractivity contribution < 1.29 is 9.18 Å². The Hall–Kier alpha value is -3.06. The predicted octanol–water partition coefficient (Wildman–Crippen LogP) is 3.57. The Bertz CT molecular complexity index is 1060. The number of nitrogens with one attached hydrogen (secondary N) is 1. The van der Waals surface area contributed by atoms with Crippen molar-refractivity contribution in [1.82, 2.24) is 19.9 Å². The van der Waals surface area contributed by atoms with Crippen molar-refractivity contribution in [3.63, 3.8) is 0 Å². The largest absolute Gasteiger partial charge is 0.352 e. The average Bonchev–Trinajstić information content (AvgIpc) is 3.24. The number of thiazole rings is 1. The standard InChI is InChI=1S/C19H15FN4OS/c20-16-9-5-4-8-15(16)17-22-19-24(23-17)14(12-26-19)10-11-21-18(25)13-6-2-1-3-7-13/h1-9,12H,10-11H2,(H,21,25). The molecule has 0 fully saturated rings. The summed E-state index contributed by atoms with van der Waals surface area (Å²) < 4.78 is 15.6. The summed E-state index contributed by atoms with van der Waals surface area (Å²) in [6.45, 7) is 0.481. The minimum atomic E-state index is -0.345. The monoisotopic (exact) mass is 366 g/mol. The summed E-state index contributed by atoms with van der Waals surface area (Å²) in [5, 5.41) is 9.27. The van der Waals surface area contributed by atoms with Crippen molar-refractivity contribution >= 4 is 22.2 Å². The van der Waals surface area contributed by atoms with E-state index >= 15 is 0 Å². The number of rotatable bonds is 5. The Kier molecular flexibility index (Phi) is 4.45. The second-order valence-corrected chi connectivity index (χ2v) is 6.55. The van der Waals surface area contributed by atoms with Crippen LogP contribution in [-0.2, 0) is 6.42 Å². The van der Waals surface area contributed by atoms with E-state index in [1.165, 1.54) is 17.4 Å². The molecule has 0 saturated carbocycles. The van der Waals surface area contributed by atoms with Crippen molar-refractivity contribution in [2.24, 2.45) is 0 Å². The van der Waals surface area contributed by atoms with Crippen LogP contribution >= 0.6 is 11.3 Å². The Balaban J connectivity index is 1.48. The number of fused-ring (bicyclic) bond motifs is 1. The molecule has 0 bridgehead atoms. The number of aromatic nitrogens is 3. The van der Waals surface area contributed by atoms with E-state index < -0.39 is 0 Å². The first-order valence-electron chi connectivity index (χ1n) is 8.13. The normalized spacial score (nSPS) is 11.0. The van der Waals surface area contributed by atoms with Crippen LogP contribution in [0.4, 0.5) is 4.39 Å². The van der Waals surface area contributed by atoms with E-state index in [4.69, 9.17) is 0 Å². The summed E-state index contributed by atoms with van der Waals surface area (Å²) in [4.78, 5) is 17.2. The fourth-order valence-corrected chi connectivity index (χ4v) is 3.51. The Morgan fingerprint density at radius 1 is 1.12 bits per heavy atom. The Morgan fingerprint density at radius 2 is 1.88 bits per heavy atom. The van der Waals surface area contributed by atoms with Crippen molar-refractivity contribution in [2.75, 3.05) is 6.54 Å². The first-order chi connectivity index (χ1) is 12.7. The zero-order valence-electron chi connectivity index (χ0n) is 13.7. The lowest BCUT2D eigenvalue weighted by Crippen LogP contribution is -2.25. The summed E-state index contributed by atoms with van der Waals surface area (Å²) >= 11 is 1.44. The molecule has 2 heterocycles. The molecule has 130 valence electrons. The summed E-state index contributed by atoms with van der Waals surface area (Å²) in [5.74, 6) is -0.0883. The molecule has 0 aliphatic heterocycles.